The van der Waals surface area contributed by atoms with Crippen LogP contribution in [0.4, 0.5) is 0 Å². The summed E-state index contributed by atoms with van der Waals surface area (Å²) in [6, 6.07) is 18.1. The number of aryl methyl sites for hydroxylation is 1. The summed E-state index contributed by atoms with van der Waals surface area (Å²) in [6.07, 6.45) is 0. The summed E-state index contributed by atoms with van der Waals surface area (Å²) in [7, 11) is 1.62. The van der Waals surface area contributed by atoms with Crippen LogP contribution in [0.5, 0.6) is 0 Å². The smallest absolute Gasteiger partial charge is 0.230 e. The van der Waals surface area contributed by atoms with E-state index in [9.17, 15) is 4.79 Å². The largest absolute Gasteiger partial charge is 0.383 e. The lowest BCUT2D eigenvalue weighted by atomic mass is 10.1. The number of nitrogens with one attached hydrogen (secondary N) is 1. The van der Waals surface area contributed by atoms with Gasteiger partial charge in [0.25, 0.3) is 0 Å². The fourth-order valence-electron chi connectivity index (χ4n) is 2.88. The van der Waals surface area contributed by atoms with Gasteiger partial charge in [0.1, 0.15) is 0 Å². The number of carbonyl (C=O) groups excluding carboxylic acids is 1. The average Bonchev–Trinajstić information content (AvgIpc) is 3.11. The molecule has 0 fully saturated rings. The third-order valence-corrected chi connectivity index (χ3v) is 5.01. The number of hydrogen-bond acceptors (Lipinski definition) is 5. The lowest BCUT2D eigenvalue weighted by molar-refractivity contribution is -0.119. The van der Waals surface area contributed by atoms with E-state index in [-0.39, 0.29) is 17.7 Å². The van der Waals surface area contributed by atoms with Crippen molar-refractivity contribution >= 4 is 17.7 Å². The molecule has 0 aliphatic heterocycles. The SMILES string of the molecule is COCC(C)NC(=O)CSc1nnc(-c2cccc(C)c2)n1-c1ccccc1. The minimum absolute atomic E-state index is 0.0343. The van der Waals surface area contributed by atoms with Crippen molar-refractivity contribution in [1.82, 2.24) is 20.1 Å². The second-order valence-corrected chi connectivity index (χ2v) is 7.50. The molecule has 7 heteroatoms. The number of thioether (sulfide) groups is 1. The Hall–Kier alpha value is -2.64. The minimum atomic E-state index is -0.0609. The Morgan fingerprint density at radius 2 is 1.96 bits per heavy atom. The zero-order chi connectivity index (χ0) is 19.9. The van der Waals surface area contributed by atoms with Gasteiger partial charge in [-0.25, -0.2) is 0 Å². The lowest BCUT2D eigenvalue weighted by Gasteiger charge is -2.13. The van der Waals surface area contributed by atoms with Crippen molar-refractivity contribution in [2.75, 3.05) is 19.5 Å². The molecule has 146 valence electrons. The molecule has 1 aromatic heterocycles. The van der Waals surface area contributed by atoms with E-state index in [2.05, 4.69) is 21.6 Å². The molecule has 2 aromatic carbocycles. The van der Waals surface area contributed by atoms with Crippen molar-refractivity contribution in [2.24, 2.45) is 0 Å². The highest BCUT2D eigenvalue weighted by Crippen LogP contribution is 2.28. The van der Waals surface area contributed by atoms with Gasteiger partial charge in [0.05, 0.1) is 12.4 Å². The van der Waals surface area contributed by atoms with Gasteiger partial charge in [-0.3, -0.25) is 9.36 Å². The first-order chi connectivity index (χ1) is 13.6. The van der Waals surface area contributed by atoms with Crippen molar-refractivity contribution in [2.45, 2.75) is 25.0 Å². The third kappa shape index (κ3) is 4.99. The summed E-state index contributed by atoms with van der Waals surface area (Å²) in [6.45, 7) is 4.44. The van der Waals surface area contributed by atoms with Gasteiger partial charge in [-0.15, -0.1) is 10.2 Å². The maximum Gasteiger partial charge on any atom is 0.230 e. The van der Waals surface area contributed by atoms with Gasteiger partial charge in [0, 0.05) is 24.4 Å². The molecule has 1 N–H and O–H groups in total. The Labute approximate surface area is 169 Å². The molecule has 1 heterocycles. The minimum Gasteiger partial charge on any atom is -0.383 e. The van der Waals surface area contributed by atoms with Crippen LogP contribution in [-0.4, -0.2) is 46.2 Å². The van der Waals surface area contributed by atoms with Crippen molar-refractivity contribution in [3.8, 4) is 17.1 Å². The Bertz CT molecular complexity index is 927. The van der Waals surface area contributed by atoms with Crippen LogP contribution in [0.2, 0.25) is 0 Å². The van der Waals surface area contributed by atoms with Crippen LogP contribution >= 0.6 is 11.8 Å². The fraction of sp³-hybridized carbons (Fsp3) is 0.286. The summed E-state index contributed by atoms with van der Waals surface area (Å²) in [5, 5.41) is 12.4. The van der Waals surface area contributed by atoms with E-state index in [0.717, 1.165) is 22.6 Å². The Morgan fingerprint density at radius 1 is 1.18 bits per heavy atom. The number of rotatable bonds is 8. The van der Waals surface area contributed by atoms with Gasteiger partial charge in [-0.05, 0) is 32.0 Å². The van der Waals surface area contributed by atoms with Crippen LogP contribution in [0.1, 0.15) is 12.5 Å². The highest BCUT2D eigenvalue weighted by atomic mass is 32.2. The molecule has 0 aliphatic carbocycles. The topological polar surface area (TPSA) is 69.0 Å². The number of nitrogens with zero attached hydrogens (tertiary/aromatic N) is 3. The zero-order valence-electron chi connectivity index (χ0n) is 16.3. The normalized spacial score (nSPS) is 12.0. The van der Waals surface area contributed by atoms with Gasteiger partial charge in [0.15, 0.2) is 11.0 Å². The Morgan fingerprint density at radius 3 is 2.68 bits per heavy atom. The maximum atomic E-state index is 12.2. The number of carbonyl (C=O) groups is 1. The van der Waals surface area contributed by atoms with E-state index in [1.807, 2.05) is 66.9 Å². The Kier molecular flexibility index (Phi) is 6.84. The quantitative estimate of drug-likeness (QED) is 0.590. The van der Waals surface area contributed by atoms with Crippen LogP contribution in [0.3, 0.4) is 0 Å². The number of aromatic nitrogens is 3. The first-order valence-electron chi connectivity index (χ1n) is 9.07. The molecule has 0 aliphatic rings. The molecule has 3 rings (SSSR count). The average molecular weight is 397 g/mol. The number of amides is 1. The van der Waals surface area contributed by atoms with Gasteiger partial charge in [-0.1, -0.05) is 53.7 Å². The van der Waals surface area contributed by atoms with Crippen LogP contribution in [-0.2, 0) is 9.53 Å². The Balaban J connectivity index is 1.87. The molecule has 28 heavy (non-hydrogen) atoms. The van der Waals surface area contributed by atoms with Gasteiger partial charge in [-0.2, -0.15) is 0 Å². The fourth-order valence-corrected chi connectivity index (χ4v) is 3.65. The van der Waals surface area contributed by atoms with Gasteiger partial charge < -0.3 is 10.1 Å². The predicted octanol–water partition coefficient (Wildman–Crippen LogP) is 3.49. The second-order valence-electron chi connectivity index (χ2n) is 6.56. The zero-order valence-corrected chi connectivity index (χ0v) is 17.1. The number of ether oxygens (including phenoxy) is 1. The highest BCUT2D eigenvalue weighted by molar-refractivity contribution is 7.99. The number of benzene rings is 2. The monoisotopic (exact) mass is 396 g/mol. The van der Waals surface area contributed by atoms with Crippen LogP contribution in [0.15, 0.2) is 59.8 Å². The van der Waals surface area contributed by atoms with E-state index >= 15 is 0 Å². The first-order valence-corrected chi connectivity index (χ1v) is 10.1. The molecule has 3 aromatic rings. The molecule has 0 saturated carbocycles. The van der Waals surface area contributed by atoms with Crippen LogP contribution in [0.25, 0.3) is 17.1 Å². The summed E-state index contributed by atoms with van der Waals surface area (Å²) in [5.74, 6) is 0.951. The van der Waals surface area contributed by atoms with Gasteiger partial charge >= 0.3 is 0 Å². The molecular weight excluding hydrogens is 372 g/mol. The van der Waals surface area contributed by atoms with Crippen LogP contribution in [0, 0.1) is 6.92 Å². The predicted molar refractivity (Wildman–Crippen MR) is 112 cm³/mol. The number of para-hydroxylation sites is 1. The maximum absolute atomic E-state index is 12.2. The van der Waals surface area contributed by atoms with Crippen molar-refractivity contribution < 1.29 is 9.53 Å². The van der Waals surface area contributed by atoms with Gasteiger partial charge in [0.2, 0.25) is 5.91 Å². The summed E-state index contributed by atoms with van der Waals surface area (Å²) in [5.41, 5.74) is 3.10. The van der Waals surface area contributed by atoms with Crippen molar-refractivity contribution in [1.29, 1.82) is 0 Å². The molecular formula is C21H24N4O2S. The summed E-state index contributed by atoms with van der Waals surface area (Å²) < 4.78 is 7.05. The second kappa shape index (κ2) is 9.52. The standard InChI is InChI=1S/C21H24N4O2S/c1-15-8-7-9-17(12-15)20-23-24-21(25(20)18-10-5-4-6-11-18)28-14-19(26)22-16(2)13-27-3/h4-12,16H,13-14H2,1-3H3,(H,22,26). The summed E-state index contributed by atoms with van der Waals surface area (Å²) in [4.78, 5) is 12.2. The lowest BCUT2D eigenvalue weighted by Crippen LogP contribution is -2.36. The number of hydrogen-bond donors (Lipinski definition) is 1. The summed E-state index contributed by atoms with van der Waals surface area (Å²) >= 11 is 1.37. The molecule has 0 saturated heterocycles. The van der Waals surface area contributed by atoms with E-state index in [0.29, 0.717) is 11.8 Å². The first kappa shape index (κ1) is 20.1. The molecule has 1 unspecified atom stereocenters. The number of methoxy groups -OCH3 is 1. The van der Waals surface area contributed by atoms with Crippen LogP contribution < -0.4 is 5.32 Å². The molecule has 0 spiro atoms. The molecule has 6 nitrogen and oxygen atoms in total. The molecule has 0 bridgehead atoms. The molecule has 0 radical (unpaired) electrons. The highest BCUT2D eigenvalue weighted by Gasteiger charge is 2.17. The molecule has 1 atom stereocenters. The van der Waals surface area contributed by atoms with E-state index in [4.69, 9.17) is 4.74 Å². The van der Waals surface area contributed by atoms with E-state index in [1.165, 1.54) is 11.8 Å². The van der Waals surface area contributed by atoms with E-state index < -0.39 is 0 Å². The van der Waals surface area contributed by atoms with Crippen molar-refractivity contribution in [3.05, 3.63) is 60.2 Å². The van der Waals surface area contributed by atoms with Crippen molar-refractivity contribution in [3.63, 3.8) is 0 Å². The van der Waals surface area contributed by atoms with E-state index in [1.54, 1.807) is 7.11 Å². The third-order valence-electron chi connectivity index (χ3n) is 4.08. The molecule has 1 amide bonds.